The number of nitrogens with zero attached hydrogens (tertiary/aromatic N) is 1. The second-order valence-corrected chi connectivity index (χ2v) is 7.35. The van der Waals surface area contributed by atoms with Crippen molar-refractivity contribution in [2.75, 3.05) is 14.2 Å². The molecule has 0 bridgehead atoms. The lowest BCUT2D eigenvalue weighted by Crippen LogP contribution is -2.13. The molecule has 1 aromatic heterocycles. The highest BCUT2D eigenvalue weighted by Crippen LogP contribution is 2.24. The van der Waals surface area contributed by atoms with E-state index in [9.17, 15) is 9.59 Å². The van der Waals surface area contributed by atoms with Crippen LogP contribution in [0.3, 0.4) is 0 Å². The van der Waals surface area contributed by atoms with Gasteiger partial charge in [0.1, 0.15) is 31.3 Å². The number of methoxy groups -OCH3 is 1. The Kier molecular flexibility index (Phi) is 6.59. The molecule has 0 saturated heterocycles. The molecule has 0 amide bonds. The zero-order chi connectivity index (χ0) is 24.1. The second kappa shape index (κ2) is 9.91. The van der Waals surface area contributed by atoms with Gasteiger partial charge in [0.05, 0.1) is 23.6 Å². The molecule has 0 aliphatic carbocycles. The predicted molar refractivity (Wildman–Crippen MR) is 128 cm³/mol. The van der Waals surface area contributed by atoms with Crippen molar-refractivity contribution in [2.24, 2.45) is 10.9 Å². The lowest BCUT2D eigenvalue weighted by molar-refractivity contribution is 0.0600. The highest BCUT2D eigenvalue weighted by atomic mass is 16.6. The summed E-state index contributed by atoms with van der Waals surface area (Å²) < 4.78 is 16.3. The maximum Gasteiger partial charge on any atom is 0.337 e. The third-order valence-corrected chi connectivity index (χ3v) is 5.18. The molecule has 0 atom stereocenters. The molecule has 3 aromatic carbocycles. The first kappa shape index (κ1) is 22.6. The maximum atomic E-state index is 13.1. The highest BCUT2D eigenvalue weighted by molar-refractivity contribution is 5.97. The lowest BCUT2D eigenvalue weighted by atomic mass is 10.0. The molecule has 0 unspecified atom stereocenters. The average Bonchev–Trinajstić information content (AvgIpc) is 2.87. The van der Waals surface area contributed by atoms with Crippen molar-refractivity contribution in [2.45, 2.75) is 6.61 Å². The number of hydrogen-bond donors (Lipinski definition) is 1. The van der Waals surface area contributed by atoms with E-state index in [1.807, 2.05) is 6.07 Å². The van der Waals surface area contributed by atoms with Crippen molar-refractivity contribution in [3.05, 3.63) is 99.9 Å². The Morgan fingerprint density at radius 2 is 1.79 bits per heavy atom. The van der Waals surface area contributed by atoms with Crippen molar-refractivity contribution < 1.29 is 23.5 Å². The van der Waals surface area contributed by atoms with Crippen molar-refractivity contribution in [1.29, 1.82) is 0 Å². The van der Waals surface area contributed by atoms with E-state index >= 15 is 0 Å². The number of ether oxygens (including phenoxy) is 2. The van der Waals surface area contributed by atoms with Crippen molar-refractivity contribution in [3.63, 3.8) is 0 Å². The molecule has 172 valence electrons. The van der Waals surface area contributed by atoms with Gasteiger partial charge in [-0.25, -0.2) is 4.79 Å². The van der Waals surface area contributed by atoms with Crippen LogP contribution in [0.5, 0.6) is 5.75 Å². The normalized spacial score (nSPS) is 11.3. The SMILES string of the molecule is CO/N=C(\N)c1ccc(-c2coc3cc(OCc4cccc(C(=O)OC)c4)ccc3c2=O)cc1. The van der Waals surface area contributed by atoms with Gasteiger partial charge in [-0.05, 0) is 35.4 Å². The quantitative estimate of drug-likeness (QED) is 0.192. The predicted octanol–water partition coefficient (Wildman–Crippen LogP) is 4.09. The molecule has 2 N–H and O–H groups in total. The van der Waals surface area contributed by atoms with Gasteiger partial charge in [-0.15, -0.1) is 0 Å². The Morgan fingerprint density at radius 1 is 1.00 bits per heavy atom. The van der Waals surface area contributed by atoms with Gasteiger partial charge in [-0.3, -0.25) is 4.79 Å². The number of nitrogens with two attached hydrogens (primary N) is 1. The number of carbonyl (C=O) groups excluding carboxylic acids is 1. The molecule has 0 radical (unpaired) electrons. The first-order valence-electron chi connectivity index (χ1n) is 10.3. The van der Waals surface area contributed by atoms with E-state index in [-0.39, 0.29) is 17.9 Å². The summed E-state index contributed by atoms with van der Waals surface area (Å²) in [6, 6.07) is 19.1. The van der Waals surface area contributed by atoms with Crippen LogP contribution in [0.1, 0.15) is 21.5 Å². The summed E-state index contributed by atoms with van der Waals surface area (Å²) in [5, 5.41) is 4.13. The van der Waals surface area contributed by atoms with Gasteiger partial charge in [-0.1, -0.05) is 41.6 Å². The monoisotopic (exact) mass is 458 g/mol. The molecule has 8 heteroatoms. The van der Waals surface area contributed by atoms with Crippen LogP contribution in [0.15, 0.2) is 87.4 Å². The summed E-state index contributed by atoms with van der Waals surface area (Å²) in [6.07, 6.45) is 1.43. The van der Waals surface area contributed by atoms with Crippen molar-refractivity contribution in [1.82, 2.24) is 0 Å². The number of benzene rings is 3. The number of fused-ring (bicyclic) bond motifs is 1. The van der Waals surface area contributed by atoms with Crippen molar-refractivity contribution >= 4 is 22.8 Å². The van der Waals surface area contributed by atoms with Crippen molar-refractivity contribution in [3.8, 4) is 16.9 Å². The first-order chi connectivity index (χ1) is 16.5. The van der Waals surface area contributed by atoms with Crippen LogP contribution in [0.2, 0.25) is 0 Å². The minimum atomic E-state index is -0.411. The van der Waals surface area contributed by atoms with Crippen LogP contribution in [0, 0.1) is 0 Å². The Balaban J connectivity index is 1.55. The summed E-state index contributed by atoms with van der Waals surface area (Å²) >= 11 is 0. The number of rotatable bonds is 7. The molecular formula is C26H22N2O6. The molecule has 0 spiro atoms. The van der Waals surface area contributed by atoms with Gasteiger partial charge in [-0.2, -0.15) is 0 Å². The number of hydrogen-bond acceptors (Lipinski definition) is 7. The zero-order valence-corrected chi connectivity index (χ0v) is 18.6. The third-order valence-electron chi connectivity index (χ3n) is 5.18. The Hall–Kier alpha value is -4.59. The minimum Gasteiger partial charge on any atom is -0.489 e. The summed E-state index contributed by atoms with van der Waals surface area (Å²) in [5.41, 5.74) is 9.10. The number of amidine groups is 1. The molecule has 0 fully saturated rings. The van der Waals surface area contributed by atoms with E-state index < -0.39 is 5.97 Å². The number of oxime groups is 1. The van der Waals surface area contributed by atoms with E-state index in [2.05, 4.69) is 9.99 Å². The highest BCUT2D eigenvalue weighted by Gasteiger charge is 2.11. The molecule has 34 heavy (non-hydrogen) atoms. The topological polar surface area (TPSA) is 113 Å². The standard InChI is InChI=1S/C26H22N2O6/c1-31-26(30)19-5-3-4-16(12-19)14-33-20-10-11-21-23(13-20)34-15-22(24(21)29)17-6-8-18(9-7-17)25(27)28-32-2/h3-13,15H,14H2,1-2H3,(H2,27,28). The fraction of sp³-hybridized carbons (Fsp3) is 0.115. The molecule has 4 rings (SSSR count). The van der Waals surface area contributed by atoms with E-state index in [1.165, 1.54) is 20.5 Å². The van der Waals surface area contributed by atoms with E-state index in [0.29, 0.717) is 39.0 Å². The third kappa shape index (κ3) is 4.75. The van der Waals surface area contributed by atoms with Gasteiger partial charge >= 0.3 is 5.97 Å². The summed E-state index contributed by atoms with van der Waals surface area (Å²) in [5.74, 6) is 0.361. The molecule has 0 aliphatic heterocycles. The number of esters is 1. The largest absolute Gasteiger partial charge is 0.489 e. The second-order valence-electron chi connectivity index (χ2n) is 7.35. The fourth-order valence-electron chi connectivity index (χ4n) is 3.44. The minimum absolute atomic E-state index is 0.162. The van der Waals surface area contributed by atoms with Gasteiger partial charge in [0.2, 0.25) is 0 Å². The summed E-state index contributed by atoms with van der Waals surface area (Å²) in [4.78, 5) is 29.4. The van der Waals surface area contributed by atoms with Gasteiger partial charge < -0.3 is 24.5 Å². The van der Waals surface area contributed by atoms with Gasteiger partial charge in [0.25, 0.3) is 0 Å². The van der Waals surface area contributed by atoms with Crippen LogP contribution in [0.25, 0.3) is 22.1 Å². The lowest BCUT2D eigenvalue weighted by Gasteiger charge is -2.09. The smallest absolute Gasteiger partial charge is 0.337 e. The molecule has 0 aliphatic rings. The first-order valence-corrected chi connectivity index (χ1v) is 10.3. The summed E-state index contributed by atoms with van der Waals surface area (Å²) in [7, 11) is 2.75. The van der Waals surface area contributed by atoms with Crippen LogP contribution in [-0.4, -0.2) is 26.0 Å². The number of carbonyl (C=O) groups is 1. The molecule has 8 nitrogen and oxygen atoms in total. The van der Waals surface area contributed by atoms with Crippen LogP contribution < -0.4 is 15.9 Å². The fourth-order valence-corrected chi connectivity index (χ4v) is 3.44. The molecule has 4 aromatic rings. The van der Waals surface area contributed by atoms with E-state index in [1.54, 1.807) is 60.7 Å². The van der Waals surface area contributed by atoms with Gasteiger partial charge in [0.15, 0.2) is 11.3 Å². The van der Waals surface area contributed by atoms with E-state index in [0.717, 1.165) is 5.56 Å². The van der Waals surface area contributed by atoms with Crippen LogP contribution in [-0.2, 0) is 16.2 Å². The summed E-state index contributed by atoms with van der Waals surface area (Å²) in [6.45, 7) is 0.237. The molecular weight excluding hydrogens is 436 g/mol. The Morgan fingerprint density at radius 3 is 2.53 bits per heavy atom. The van der Waals surface area contributed by atoms with E-state index in [4.69, 9.17) is 19.6 Å². The Labute approximate surface area is 195 Å². The Bertz CT molecular complexity index is 1420. The molecule has 1 heterocycles. The van der Waals surface area contributed by atoms with Crippen LogP contribution >= 0.6 is 0 Å². The van der Waals surface area contributed by atoms with Crippen LogP contribution in [0.4, 0.5) is 0 Å². The average molecular weight is 458 g/mol. The zero-order valence-electron chi connectivity index (χ0n) is 18.6. The maximum absolute atomic E-state index is 13.1. The molecule has 0 saturated carbocycles. The van der Waals surface area contributed by atoms with Gasteiger partial charge in [0, 0.05) is 11.6 Å².